The van der Waals surface area contributed by atoms with Crippen LogP contribution in [-0.2, 0) is 4.79 Å². The van der Waals surface area contributed by atoms with Crippen LogP contribution in [0.3, 0.4) is 0 Å². The van der Waals surface area contributed by atoms with E-state index in [4.69, 9.17) is 0 Å². The first-order valence-electron chi connectivity index (χ1n) is 6.65. The van der Waals surface area contributed by atoms with Crippen LogP contribution in [0.1, 0.15) is 26.5 Å². The Kier molecular flexibility index (Phi) is 2.89. The standard InChI is InChI=1S/C15H16N4O/c1-4-19-15-14(13(10(3)20)9(2)18-19)16-11-7-5-6-8-12(11)17-15/h5-8,18H,4H2,1-3H3. The number of allylic oxidation sites excluding steroid dienone is 2. The molecular formula is C15H16N4O. The summed E-state index contributed by atoms with van der Waals surface area (Å²) < 4.78 is 0. The van der Waals surface area contributed by atoms with Crippen molar-refractivity contribution in [3.63, 3.8) is 0 Å². The van der Waals surface area contributed by atoms with Gasteiger partial charge in [0.1, 0.15) is 5.69 Å². The van der Waals surface area contributed by atoms with Gasteiger partial charge in [0.05, 0.1) is 16.6 Å². The van der Waals surface area contributed by atoms with Gasteiger partial charge in [-0.05, 0) is 32.9 Å². The van der Waals surface area contributed by atoms with Crippen LogP contribution in [0, 0.1) is 0 Å². The van der Waals surface area contributed by atoms with Crippen molar-refractivity contribution in [3.8, 4) is 0 Å². The Morgan fingerprint density at radius 3 is 2.50 bits per heavy atom. The van der Waals surface area contributed by atoms with E-state index in [0.717, 1.165) is 23.3 Å². The quantitative estimate of drug-likeness (QED) is 0.905. The van der Waals surface area contributed by atoms with Gasteiger partial charge in [-0.1, -0.05) is 12.1 Å². The smallest absolute Gasteiger partial charge is 0.174 e. The summed E-state index contributed by atoms with van der Waals surface area (Å²) in [5, 5.41) is 1.91. The van der Waals surface area contributed by atoms with Crippen LogP contribution in [0.5, 0.6) is 0 Å². The van der Waals surface area contributed by atoms with Crippen molar-refractivity contribution >= 4 is 28.2 Å². The third-order valence-electron chi connectivity index (χ3n) is 3.39. The molecule has 1 N–H and O–H groups in total. The summed E-state index contributed by atoms with van der Waals surface area (Å²) in [6.45, 7) is 6.21. The number of carbonyl (C=O) groups is 1. The molecule has 0 saturated heterocycles. The predicted molar refractivity (Wildman–Crippen MR) is 79.0 cm³/mol. The van der Waals surface area contributed by atoms with Crippen LogP contribution >= 0.6 is 0 Å². The number of hydrazine groups is 1. The Balaban J connectivity index is 2.33. The highest BCUT2D eigenvalue weighted by molar-refractivity contribution is 6.21. The summed E-state index contributed by atoms with van der Waals surface area (Å²) in [7, 11) is 0. The van der Waals surface area contributed by atoms with Crippen molar-refractivity contribution in [1.29, 1.82) is 0 Å². The molecule has 0 radical (unpaired) electrons. The number of ketones is 1. The third-order valence-corrected chi connectivity index (χ3v) is 3.39. The van der Waals surface area contributed by atoms with Crippen LogP contribution in [0.4, 0.5) is 5.82 Å². The largest absolute Gasteiger partial charge is 0.301 e. The van der Waals surface area contributed by atoms with Gasteiger partial charge in [0.15, 0.2) is 11.6 Å². The van der Waals surface area contributed by atoms with E-state index in [1.807, 2.05) is 43.1 Å². The van der Waals surface area contributed by atoms with Crippen LogP contribution in [0.2, 0.25) is 0 Å². The van der Waals surface area contributed by atoms with Gasteiger partial charge in [0, 0.05) is 12.2 Å². The van der Waals surface area contributed by atoms with Gasteiger partial charge in [-0.3, -0.25) is 9.80 Å². The second-order valence-corrected chi connectivity index (χ2v) is 4.80. The van der Waals surface area contributed by atoms with Crippen molar-refractivity contribution in [2.75, 3.05) is 11.6 Å². The van der Waals surface area contributed by atoms with Crippen LogP contribution in [0.15, 0.2) is 30.0 Å². The maximum atomic E-state index is 11.9. The first kappa shape index (κ1) is 12.6. The molecule has 1 aliphatic rings. The first-order chi connectivity index (χ1) is 9.61. The zero-order valence-electron chi connectivity index (χ0n) is 11.8. The molecule has 1 aliphatic heterocycles. The topological polar surface area (TPSA) is 58.1 Å². The fourth-order valence-corrected chi connectivity index (χ4v) is 2.50. The summed E-state index contributed by atoms with van der Waals surface area (Å²) in [5.41, 5.74) is 6.93. The average molecular weight is 268 g/mol. The minimum atomic E-state index is -0.00316. The first-order valence-corrected chi connectivity index (χ1v) is 6.65. The number of nitrogens with one attached hydrogen (secondary N) is 1. The lowest BCUT2D eigenvalue weighted by Crippen LogP contribution is -2.41. The molecular weight excluding hydrogens is 252 g/mol. The van der Waals surface area contributed by atoms with Gasteiger partial charge in [-0.25, -0.2) is 9.97 Å². The Morgan fingerprint density at radius 2 is 1.90 bits per heavy atom. The molecule has 0 unspecified atom stereocenters. The lowest BCUT2D eigenvalue weighted by atomic mass is 10.0. The van der Waals surface area contributed by atoms with Crippen molar-refractivity contribution in [2.24, 2.45) is 0 Å². The van der Waals surface area contributed by atoms with Gasteiger partial charge >= 0.3 is 0 Å². The van der Waals surface area contributed by atoms with Crippen LogP contribution < -0.4 is 10.4 Å². The molecule has 0 bridgehead atoms. The second kappa shape index (κ2) is 4.59. The maximum Gasteiger partial charge on any atom is 0.174 e. The number of aromatic nitrogens is 2. The second-order valence-electron chi connectivity index (χ2n) is 4.80. The van der Waals surface area contributed by atoms with E-state index in [-0.39, 0.29) is 5.78 Å². The Hall–Kier alpha value is -2.43. The van der Waals surface area contributed by atoms with E-state index in [2.05, 4.69) is 15.4 Å². The van der Waals surface area contributed by atoms with Gasteiger partial charge in [0.2, 0.25) is 0 Å². The Bertz CT molecular complexity index is 736. The number of carbonyl (C=O) groups excluding carboxylic acids is 1. The van der Waals surface area contributed by atoms with Gasteiger partial charge in [-0.2, -0.15) is 0 Å². The molecule has 0 atom stereocenters. The molecule has 0 saturated carbocycles. The molecule has 5 heteroatoms. The monoisotopic (exact) mass is 268 g/mol. The van der Waals surface area contributed by atoms with Crippen molar-refractivity contribution in [2.45, 2.75) is 20.8 Å². The summed E-state index contributed by atoms with van der Waals surface area (Å²) in [6, 6.07) is 7.69. The summed E-state index contributed by atoms with van der Waals surface area (Å²) in [6.07, 6.45) is 0. The third kappa shape index (κ3) is 1.82. The zero-order valence-corrected chi connectivity index (χ0v) is 11.8. The van der Waals surface area contributed by atoms with Gasteiger partial charge in [0.25, 0.3) is 0 Å². The van der Waals surface area contributed by atoms with Gasteiger partial charge < -0.3 is 5.43 Å². The fraction of sp³-hybridized carbons (Fsp3) is 0.267. The lowest BCUT2D eigenvalue weighted by Gasteiger charge is -2.31. The van der Waals surface area contributed by atoms with E-state index in [1.165, 1.54) is 0 Å². The van der Waals surface area contributed by atoms with E-state index in [9.17, 15) is 4.79 Å². The molecule has 2 heterocycles. The number of Topliss-reactive ketones (excluding diaryl/α,β-unsaturated/α-hetero) is 1. The number of para-hydroxylation sites is 2. The molecule has 0 fully saturated rings. The number of fused-ring (bicyclic) bond motifs is 2. The summed E-state index contributed by atoms with van der Waals surface area (Å²) >= 11 is 0. The number of anilines is 1. The molecule has 0 spiro atoms. The number of hydrogen-bond acceptors (Lipinski definition) is 5. The Labute approximate surface area is 117 Å². The summed E-state index contributed by atoms with van der Waals surface area (Å²) in [4.78, 5) is 21.2. The highest BCUT2D eigenvalue weighted by atomic mass is 16.1. The molecule has 5 nitrogen and oxygen atoms in total. The number of nitrogens with zero attached hydrogens (tertiary/aromatic N) is 3. The SMILES string of the molecule is CCN1NC(C)=C(C(C)=O)c2nc3ccccc3nc21. The minimum Gasteiger partial charge on any atom is -0.301 e. The van der Waals surface area contributed by atoms with E-state index < -0.39 is 0 Å². The molecule has 20 heavy (non-hydrogen) atoms. The molecule has 3 rings (SSSR count). The molecule has 1 aromatic heterocycles. The van der Waals surface area contributed by atoms with Crippen molar-refractivity contribution in [3.05, 3.63) is 35.7 Å². The highest BCUT2D eigenvalue weighted by Gasteiger charge is 2.27. The molecule has 102 valence electrons. The van der Waals surface area contributed by atoms with Crippen LogP contribution in [0.25, 0.3) is 16.6 Å². The molecule has 2 aromatic rings. The van der Waals surface area contributed by atoms with Gasteiger partial charge in [-0.15, -0.1) is 0 Å². The van der Waals surface area contributed by atoms with Crippen molar-refractivity contribution < 1.29 is 4.79 Å². The average Bonchev–Trinajstić information content (AvgIpc) is 2.44. The van der Waals surface area contributed by atoms with Crippen LogP contribution in [-0.4, -0.2) is 22.3 Å². The fourth-order valence-electron chi connectivity index (χ4n) is 2.50. The molecule has 0 amide bonds. The number of rotatable bonds is 2. The van der Waals surface area contributed by atoms with E-state index >= 15 is 0 Å². The van der Waals surface area contributed by atoms with E-state index in [1.54, 1.807) is 6.92 Å². The lowest BCUT2D eigenvalue weighted by molar-refractivity contribution is -0.111. The normalized spacial score (nSPS) is 14.2. The molecule has 1 aromatic carbocycles. The van der Waals surface area contributed by atoms with Crippen molar-refractivity contribution in [1.82, 2.24) is 15.4 Å². The maximum absolute atomic E-state index is 11.9. The molecule has 0 aliphatic carbocycles. The predicted octanol–water partition coefficient (Wildman–Crippen LogP) is 2.29. The zero-order chi connectivity index (χ0) is 14.3. The highest BCUT2D eigenvalue weighted by Crippen LogP contribution is 2.31. The van der Waals surface area contributed by atoms with E-state index in [0.29, 0.717) is 17.1 Å². The summed E-state index contributed by atoms with van der Waals surface area (Å²) in [5.74, 6) is 0.707. The number of benzene rings is 1. The number of hydrogen-bond donors (Lipinski definition) is 1. The Morgan fingerprint density at radius 1 is 1.25 bits per heavy atom. The minimum absolute atomic E-state index is 0.00316.